The van der Waals surface area contributed by atoms with Crippen molar-refractivity contribution in [1.29, 1.82) is 0 Å². The van der Waals surface area contributed by atoms with Crippen LogP contribution in [-0.2, 0) is 4.79 Å². The summed E-state index contributed by atoms with van der Waals surface area (Å²) < 4.78 is 0. The Balaban J connectivity index is 1.74. The molecule has 6 heteroatoms. The molecule has 1 aromatic rings. The fraction of sp³-hybridized carbons (Fsp3) is 0.417. The van der Waals surface area contributed by atoms with Crippen molar-refractivity contribution < 1.29 is 9.59 Å². The van der Waals surface area contributed by atoms with Crippen molar-refractivity contribution in [3.8, 4) is 0 Å². The van der Waals surface area contributed by atoms with Crippen LogP contribution in [0.15, 0.2) is 18.3 Å². The van der Waals surface area contributed by atoms with Crippen molar-refractivity contribution in [2.24, 2.45) is 0 Å². The number of pyridine rings is 1. The lowest BCUT2D eigenvalue weighted by Gasteiger charge is -2.06. The summed E-state index contributed by atoms with van der Waals surface area (Å²) >= 11 is 5.79. The van der Waals surface area contributed by atoms with E-state index in [1.54, 1.807) is 12.1 Å². The maximum Gasteiger partial charge on any atom is 0.254 e. The third-order valence-corrected chi connectivity index (χ3v) is 2.88. The zero-order chi connectivity index (χ0) is 13.0. The van der Waals surface area contributed by atoms with E-state index in [-0.39, 0.29) is 23.4 Å². The Morgan fingerprint density at radius 1 is 1.44 bits per heavy atom. The highest BCUT2D eigenvalue weighted by molar-refractivity contribution is 6.32. The van der Waals surface area contributed by atoms with E-state index in [2.05, 4.69) is 15.6 Å². The summed E-state index contributed by atoms with van der Waals surface area (Å²) in [5, 5.41) is 5.65. The first kappa shape index (κ1) is 12.8. The summed E-state index contributed by atoms with van der Waals surface area (Å²) in [4.78, 5) is 26.9. The summed E-state index contributed by atoms with van der Waals surface area (Å²) in [5.41, 5.74) is 0.321. The molecule has 0 aromatic carbocycles. The molecular weight excluding hydrogens is 254 g/mol. The largest absolute Gasteiger partial charge is 0.353 e. The zero-order valence-corrected chi connectivity index (χ0v) is 10.5. The number of aromatic nitrogens is 1. The van der Waals surface area contributed by atoms with E-state index < -0.39 is 0 Å². The molecule has 18 heavy (non-hydrogen) atoms. The maximum atomic E-state index is 11.7. The standard InChI is InChI=1S/C12H14ClN3O2/c13-11-9(2-1-6-14-11)12(18)15-7-5-10(17)16-8-3-4-8/h1-2,6,8H,3-5,7H2,(H,15,18)(H,16,17). The van der Waals surface area contributed by atoms with Gasteiger partial charge in [0.2, 0.25) is 5.91 Å². The molecule has 5 nitrogen and oxygen atoms in total. The molecule has 2 rings (SSSR count). The van der Waals surface area contributed by atoms with Gasteiger partial charge >= 0.3 is 0 Å². The third kappa shape index (κ3) is 3.70. The Labute approximate surface area is 110 Å². The fourth-order valence-electron chi connectivity index (χ4n) is 1.47. The van der Waals surface area contributed by atoms with Crippen molar-refractivity contribution in [2.75, 3.05) is 6.54 Å². The molecular formula is C12H14ClN3O2. The molecule has 1 aliphatic carbocycles. The minimum absolute atomic E-state index is 0.0323. The summed E-state index contributed by atoms with van der Waals surface area (Å²) in [7, 11) is 0. The molecule has 1 heterocycles. The molecule has 0 bridgehead atoms. The summed E-state index contributed by atoms with van der Waals surface area (Å²) in [5.74, 6) is -0.345. The van der Waals surface area contributed by atoms with Gasteiger partial charge in [0.1, 0.15) is 5.15 Å². The van der Waals surface area contributed by atoms with Gasteiger partial charge in [-0.15, -0.1) is 0 Å². The molecule has 0 aliphatic heterocycles. The highest BCUT2D eigenvalue weighted by atomic mass is 35.5. The predicted molar refractivity (Wildman–Crippen MR) is 67.4 cm³/mol. The Morgan fingerprint density at radius 2 is 2.22 bits per heavy atom. The van der Waals surface area contributed by atoms with Crippen LogP contribution >= 0.6 is 11.6 Å². The van der Waals surface area contributed by atoms with Crippen LogP contribution in [0.3, 0.4) is 0 Å². The predicted octanol–water partition coefficient (Wildman–Crippen LogP) is 1.13. The lowest BCUT2D eigenvalue weighted by Crippen LogP contribution is -2.31. The highest BCUT2D eigenvalue weighted by Crippen LogP contribution is 2.18. The van der Waals surface area contributed by atoms with Crippen molar-refractivity contribution in [3.63, 3.8) is 0 Å². The number of halogens is 1. The average Bonchev–Trinajstić information content (AvgIpc) is 3.13. The van der Waals surface area contributed by atoms with Gasteiger partial charge in [-0.05, 0) is 25.0 Å². The molecule has 0 atom stereocenters. The lowest BCUT2D eigenvalue weighted by molar-refractivity contribution is -0.121. The number of amides is 2. The average molecular weight is 268 g/mol. The van der Waals surface area contributed by atoms with E-state index in [4.69, 9.17) is 11.6 Å². The van der Waals surface area contributed by atoms with Gasteiger partial charge in [-0.3, -0.25) is 9.59 Å². The summed E-state index contributed by atoms with van der Waals surface area (Å²) in [6.07, 6.45) is 3.91. The molecule has 0 saturated heterocycles. The van der Waals surface area contributed by atoms with Gasteiger partial charge in [0.05, 0.1) is 5.56 Å². The Bertz CT molecular complexity index is 460. The Morgan fingerprint density at radius 3 is 2.89 bits per heavy atom. The van der Waals surface area contributed by atoms with Crippen LogP contribution in [0.5, 0.6) is 0 Å². The van der Waals surface area contributed by atoms with Gasteiger partial charge in [0, 0.05) is 25.2 Å². The molecule has 96 valence electrons. The Kier molecular flexibility index (Phi) is 4.15. The quantitative estimate of drug-likeness (QED) is 0.786. The van der Waals surface area contributed by atoms with E-state index in [9.17, 15) is 9.59 Å². The first-order valence-electron chi connectivity index (χ1n) is 5.85. The first-order valence-corrected chi connectivity index (χ1v) is 6.22. The number of nitrogens with one attached hydrogen (secondary N) is 2. The number of carbonyl (C=O) groups is 2. The SMILES string of the molecule is O=C(CCNC(=O)c1cccnc1Cl)NC1CC1. The first-order chi connectivity index (χ1) is 8.66. The number of hydrogen-bond donors (Lipinski definition) is 2. The lowest BCUT2D eigenvalue weighted by atomic mass is 10.2. The monoisotopic (exact) mass is 267 g/mol. The van der Waals surface area contributed by atoms with Crippen molar-refractivity contribution in [1.82, 2.24) is 15.6 Å². The second-order valence-electron chi connectivity index (χ2n) is 4.19. The van der Waals surface area contributed by atoms with E-state index in [1.807, 2.05) is 0 Å². The second kappa shape index (κ2) is 5.82. The van der Waals surface area contributed by atoms with E-state index in [1.165, 1.54) is 6.20 Å². The van der Waals surface area contributed by atoms with Crippen LogP contribution in [-0.4, -0.2) is 29.4 Å². The third-order valence-electron chi connectivity index (χ3n) is 2.58. The van der Waals surface area contributed by atoms with Gasteiger partial charge in [-0.2, -0.15) is 0 Å². The number of carbonyl (C=O) groups excluding carboxylic acids is 2. The van der Waals surface area contributed by atoms with Gasteiger partial charge in [-0.25, -0.2) is 4.98 Å². The smallest absolute Gasteiger partial charge is 0.254 e. The van der Waals surface area contributed by atoms with Crippen LogP contribution in [0, 0.1) is 0 Å². The highest BCUT2D eigenvalue weighted by Gasteiger charge is 2.22. The van der Waals surface area contributed by atoms with E-state index >= 15 is 0 Å². The zero-order valence-electron chi connectivity index (χ0n) is 9.78. The molecule has 0 spiro atoms. The second-order valence-corrected chi connectivity index (χ2v) is 4.55. The number of nitrogens with zero attached hydrogens (tertiary/aromatic N) is 1. The molecule has 2 N–H and O–H groups in total. The van der Waals surface area contributed by atoms with Crippen LogP contribution < -0.4 is 10.6 Å². The van der Waals surface area contributed by atoms with Gasteiger partial charge in [0.15, 0.2) is 0 Å². The van der Waals surface area contributed by atoms with Crippen molar-refractivity contribution in [3.05, 3.63) is 29.0 Å². The number of hydrogen-bond acceptors (Lipinski definition) is 3. The van der Waals surface area contributed by atoms with Crippen molar-refractivity contribution >= 4 is 23.4 Å². The Hall–Kier alpha value is -1.62. The molecule has 1 fully saturated rings. The summed E-state index contributed by atoms with van der Waals surface area (Å²) in [6, 6.07) is 3.58. The van der Waals surface area contributed by atoms with Crippen molar-refractivity contribution in [2.45, 2.75) is 25.3 Å². The number of rotatable bonds is 5. The molecule has 1 aliphatic rings. The molecule has 1 saturated carbocycles. The van der Waals surface area contributed by atoms with Gasteiger partial charge in [-0.1, -0.05) is 11.6 Å². The maximum absolute atomic E-state index is 11.7. The topological polar surface area (TPSA) is 71.1 Å². The van der Waals surface area contributed by atoms with Crippen LogP contribution in [0.1, 0.15) is 29.6 Å². The normalized spacial score (nSPS) is 14.1. The van der Waals surface area contributed by atoms with Crippen LogP contribution in [0.2, 0.25) is 5.15 Å². The van der Waals surface area contributed by atoms with Crippen LogP contribution in [0.4, 0.5) is 0 Å². The fourth-order valence-corrected chi connectivity index (χ4v) is 1.67. The van der Waals surface area contributed by atoms with E-state index in [0.717, 1.165) is 12.8 Å². The van der Waals surface area contributed by atoms with Gasteiger partial charge < -0.3 is 10.6 Å². The van der Waals surface area contributed by atoms with Crippen LogP contribution in [0.25, 0.3) is 0 Å². The molecule has 0 radical (unpaired) electrons. The van der Waals surface area contributed by atoms with Gasteiger partial charge in [0.25, 0.3) is 5.91 Å². The minimum atomic E-state index is -0.313. The molecule has 0 unspecified atom stereocenters. The molecule has 1 aromatic heterocycles. The minimum Gasteiger partial charge on any atom is -0.353 e. The van der Waals surface area contributed by atoms with E-state index in [0.29, 0.717) is 18.2 Å². The molecule has 2 amide bonds. The summed E-state index contributed by atoms with van der Waals surface area (Å²) in [6.45, 7) is 0.294.